The van der Waals surface area contributed by atoms with Gasteiger partial charge in [0.05, 0.1) is 12.1 Å². The summed E-state index contributed by atoms with van der Waals surface area (Å²) in [7, 11) is 0. The van der Waals surface area contributed by atoms with Crippen LogP contribution in [0, 0.1) is 13.8 Å². The maximum Gasteiger partial charge on any atom is 0.258 e. The number of ketones is 1. The first-order valence-electron chi connectivity index (χ1n) is 8.34. The predicted molar refractivity (Wildman–Crippen MR) is 107 cm³/mol. The number of ether oxygens (including phenoxy) is 1. The molecule has 142 valence electrons. The Kier molecular flexibility index (Phi) is 7.12. The van der Waals surface area contributed by atoms with Crippen LogP contribution in [0.5, 0.6) is 5.75 Å². The quantitative estimate of drug-likeness (QED) is 0.656. The van der Waals surface area contributed by atoms with Gasteiger partial charge < -0.3 is 15.4 Å². The van der Waals surface area contributed by atoms with E-state index >= 15 is 0 Å². The van der Waals surface area contributed by atoms with Crippen molar-refractivity contribution < 1.29 is 19.1 Å². The molecule has 2 aromatic carbocycles. The van der Waals surface area contributed by atoms with Gasteiger partial charge in [0.25, 0.3) is 5.91 Å². The van der Waals surface area contributed by atoms with Gasteiger partial charge >= 0.3 is 0 Å². The van der Waals surface area contributed by atoms with E-state index in [1.165, 1.54) is 6.92 Å². The van der Waals surface area contributed by atoms with Gasteiger partial charge in [-0.25, -0.2) is 0 Å². The van der Waals surface area contributed by atoms with Crippen molar-refractivity contribution in [3.05, 3.63) is 57.6 Å². The molecule has 0 aliphatic heterocycles. The first-order valence-corrected chi connectivity index (χ1v) is 9.13. The number of hydrogen-bond donors (Lipinski definition) is 2. The number of benzene rings is 2. The standard InChI is InChI=1S/C20H21BrN2O4/c1-12-5-4-6-17(13(12)2)23-19(25)10-22-20(26)11-27-18-8-7-15(21)9-16(18)14(3)24/h4-9H,10-11H2,1-3H3,(H,22,26)(H,23,25). The van der Waals surface area contributed by atoms with Crippen LogP contribution in [-0.4, -0.2) is 30.7 Å². The van der Waals surface area contributed by atoms with Gasteiger partial charge in [0.15, 0.2) is 12.4 Å². The molecule has 6 nitrogen and oxygen atoms in total. The van der Waals surface area contributed by atoms with Gasteiger partial charge in [-0.15, -0.1) is 0 Å². The molecule has 0 heterocycles. The molecular formula is C20H21BrN2O4. The number of aryl methyl sites for hydroxylation is 1. The van der Waals surface area contributed by atoms with Crippen LogP contribution in [0.1, 0.15) is 28.4 Å². The molecule has 2 rings (SSSR count). The molecule has 0 fully saturated rings. The molecule has 0 saturated heterocycles. The molecule has 0 bridgehead atoms. The summed E-state index contributed by atoms with van der Waals surface area (Å²) >= 11 is 3.29. The summed E-state index contributed by atoms with van der Waals surface area (Å²) < 4.78 is 6.16. The van der Waals surface area contributed by atoms with E-state index in [0.29, 0.717) is 17.0 Å². The van der Waals surface area contributed by atoms with E-state index in [-0.39, 0.29) is 24.8 Å². The summed E-state index contributed by atoms with van der Waals surface area (Å²) in [5, 5.41) is 5.26. The minimum atomic E-state index is -0.455. The average molecular weight is 433 g/mol. The molecule has 0 atom stereocenters. The monoisotopic (exact) mass is 432 g/mol. The van der Waals surface area contributed by atoms with E-state index in [2.05, 4.69) is 26.6 Å². The fourth-order valence-electron chi connectivity index (χ4n) is 2.36. The number of amides is 2. The van der Waals surface area contributed by atoms with Crippen molar-refractivity contribution in [2.24, 2.45) is 0 Å². The first-order chi connectivity index (χ1) is 12.8. The normalized spacial score (nSPS) is 10.2. The molecule has 0 saturated carbocycles. The molecule has 2 aromatic rings. The molecule has 27 heavy (non-hydrogen) atoms. The lowest BCUT2D eigenvalue weighted by molar-refractivity contribution is -0.125. The molecule has 0 unspecified atom stereocenters. The maximum absolute atomic E-state index is 12.0. The number of anilines is 1. The Morgan fingerprint density at radius 3 is 2.52 bits per heavy atom. The van der Waals surface area contributed by atoms with Gasteiger partial charge in [0.1, 0.15) is 5.75 Å². The number of halogens is 1. The SMILES string of the molecule is CC(=O)c1cc(Br)ccc1OCC(=O)NCC(=O)Nc1cccc(C)c1C. The van der Waals surface area contributed by atoms with Gasteiger partial charge in [0.2, 0.25) is 5.91 Å². The average Bonchev–Trinajstić information content (AvgIpc) is 2.62. The minimum Gasteiger partial charge on any atom is -0.483 e. The van der Waals surface area contributed by atoms with Gasteiger partial charge in [-0.2, -0.15) is 0 Å². The van der Waals surface area contributed by atoms with Crippen LogP contribution < -0.4 is 15.4 Å². The summed E-state index contributed by atoms with van der Waals surface area (Å²) in [5.41, 5.74) is 3.14. The zero-order chi connectivity index (χ0) is 20.0. The lowest BCUT2D eigenvalue weighted by Crippen LogP contribution is -2.36. The van der Waals surface area contributed by atoms with Crippen LogP contribution in [0.4, 0.5) is 5.69 Å². The summed E-state index contributed by atoms with van der Waals surface area (Å²) in [4.78, 5) is 35.6. The van der Waals surface area contributed by atoms with Crippen molar-refractivity contribution in [1.82, 2.24) is 5.32 Å². The minimum absolute atomic E-state index is 0.167. The number of nitrogens with one attached hydrogen (secondary N) is 2. The van der Waals surface area contributed by atoms with Gasteiger partial charge in [0, 0.05) is 10.2 Å². The van der Waals surface area contributed by atoms with Crippen LogP contribution in [0.3, 0.4) is 0 Å². The van der Waals surface area contributed by atoms with E-state index in [4.69, 9.17) is 4.74 Å². The fraction of sp³-hybridized carbons (Fsp3) is 0.250. The van der Waals surface area contributed by atoms with Crippen molar-refractivity contribution in [2.45, 2.75) is 20.8 Å². The molecule has 2 amide bonds. The lowest BCUT2D eigenvalue weighted by atomic mass is 10.1. The van der Waals surface area contributed by atoms with E-state index < -0.39 is 5.91 Å². The van der Waals surface area contributed by atoms with Crippen molar-refractivity contribution in [2.75, 3.05) is 18.5 Å². The molecule has 7 heteroatoms. The number of rotatable bonds is 7. The second-order valence-electron chi connectivity index (χ2n) is 6.06. The Morgan fingerprint density at radius 1 is 1.07 bits per heavy atom. The van der Waals surface area contributed by atoms with Crippen molar-refractivity contribution in [3.8, 4) is 5.75 Å². The zero-order valence-corrected chi connectivity index (χ0v) is 17.0. The molecule has 0 aliphatic rings. The molecule has 0 radical (unpaired) electrons. The maximum atomic E-state index is 12.0. The Hall–Kier alpha value is -2.67. The Balaban J connectivity index is 1.85. The Morgan fingerprint density at radius 2 is 1.81 bits per heavy atom. The van der Waals surface area contributed by atoms with Crippen LogP contribution in [0.2, 0.25) is 0 Å². The number of Topliss-reactive ketones (excluding diaryl/α,β-unsaturated/α-hetero) is 1. The van der Waals surface area contributed by atoms with Crippen LogP contribution in [-0.2, 0) is 9.59 Å². The largest absolute Gasteiger partial charge is 0.483 e. The summed E-state index contributed by atoms with van der Waals surface area (Å²) in [6, 6.07) is 10.6. The van der Waals surface area contributed by atoms with Crippen LogP contribution in [0.25, 0.3) is 0 Å². The van der Waals surface area contributed by atoms with Gasteiger partial charge in [-0.05, 0) is 56.2 Å². The summed E-state index contributed by atoms with van der Waals surface area (Å²) in [6.07, 6.45) is 0. The molecule has 0 aliphatic carbocycles. The second kappa shape index (κ2) is 9.32. The summed E-state index contributed by atoms with van der Waals surface area (Å²) in [5.74, 6) is -0.631. The predicted octanol–water partition coefficient (Wildman–Crippen LogP) is 3.40. The third kappa shape index (κ3) is 5.92. The topological polar surface area (TPSA) is 84.5 Å². The highest BCUT2D eigenvalue weighted by atomic mass is 79.9. The fourth-order valence-corrected chi connectivity index (χ4v) is 2.72. The van der Waals surface area contributed by atoms with E-state index in [0.717, 1.165) is 15.6 Å². The first kappa shape index (κ1) is 20.6. The van der Waals surface area contributed by atoms with E-state index in [9.17, 15) is 14.4 Å². The van der Waals surface area contributed by atoms with Crippen molar-refractivity contribution >= 4 is 39.2 Å². The van der Waals surface area contributed by atoms with Crippen molar-refractivity contribution in [3.63, 3.8) is 0 Å². The highest BCUT2D eigenvalue weighted by Crippen LogP contribution is 2.23. The highest BCUT2D eigenvalue weighted by molar-refractivity contribution is 9.10. The Labute approximate surface area is 166 Å². The zero-order valence-electron chi connectivity index (χ0n) is 15.4. The van der Waals surface area contributed by atoms with Crippen LogP contribution in [0.15, 0.2) is 40.9 Å². The van der Waals surface area contributed by atoms with E-state index in [1.807, 2.05) is 32.0 Å². The third-order valence-electron chi connectivity index (χ3n) is 4.00. The van der Waals surface area contributed by atoms with Crippen molar-refractivity contribution in [1.29, 1.82) is 0 Å². The molecule has 2 N–H and O–H groups in total. The van der Waals surface area contributed by atoms with E-state index in [1.54, 1.807) is 18.2 Å². The molecule has 0 spiro atoms. The second-order valence-corrected chi connectivity index (χ2v) is 6.97. The molecular weight excluding hydrogens is 412 g/mol. The van der Waals surface area contributed by atoms with Gasteiger partial charge in [-0.1, -0.05) is 28.1 Å². The smallest absolute Gasteiger partial charge is 0.258 e. The van der Waals surface area contributed by atoms with Crippen LogP contribution >= 0.6 is 15.9 Å². The summed E-state index contributed by atoms with van der Waals surface area (Å²) in [6.45, 7) is 4.84. The molecule has 0 aromatic heterocycles. The Bertz CT molecular complexity index is 880. The van der Waals surface area contributed by atoms with Gasteiger partial charge in [-0.3, -0.25) is 14.4 Å². The number of carbonyl (C=O) groups is 3. The lowest BCUT2D eigenvalue weighted by Gasteiger charge is -2.12. The third-order valence-corrected chi connectivity index (χ3v) is 4.50. The highest BCUT2D eigenvalue weighted by Gasteiger charge is 2.12. The number of hydrogen-bond acceptors (Lipinski definition) is 4. The number of carbonyl (C=O) groups excluding carboxylic acids is 3.